The van der Waals surface area contributed by atoms with Gasteiger partial charge in [0.15, 0.2) is 11.5 Å². The Balaban J connectivity index is 1.59. The maximum absolute atomic E-state index is 12.4. The molecule has 0 atom stereocenters. The fourth-order valence-corrected chi connectivity index (χ4v) is 3.43. The Morgan fingerprint density at radius 3 is 3.00 bits per heavy atom. The number of nitrogens with zero attached hydrogens (tertiary/aromatic N) is 2. The minimum Gasteiger partial charge on any atom is -0.454 e. The van der Waals surface area contributed by atoms with Gasteiger partial charge < -0.3 is 14.8 Å². The van der Waals surface area contributed by atoms with E-state index in [0.29, 0.717) is 27.8 Å². The molecule has 0 aliphatic carbocycles. The standard InChI is InChI=1S/C14H9N3O3S2/c18-14(13-12(16-17-22-13)11-2-1-5-21-11)15-8-3-4-9-10(6-8)20-7-19-9/h1-6H,7H2,(H,15,18). The highest BCUT2D eigenvalue weighted by atomic mass is 32.1. The molecule has 0 bridgehead atoms. The molecule has 1 amide bonds. The summed E-state index contributed by atoms with van der Waals surface area (Å²) in [5.74, 6) is 1.06. The number of carbonyl (C=O) groups excluding carboxylic acids is 1. The monoisotopic (exact) mass is 331 g/mol. The fourth-order valence-electron chi connectivity index (χ4n) is 2.08. The van der Waals surface area contributed by atoms with E-state index in [1.54, 1.807) is 18.2 Å². The van der Waals surface area contributed by atoms with Gasteiger partial charge in [0.1, 0.15) is 10.6 Å². The smallest absolute Gasteiger partial charge is 0.269 e. The number of carbonyl (C=O) groups is 1. The molecule has 22 heavy (non-hydrogen) atoms. The Morgan fingerprint density at radius 2 is 2.14 bits per heavy atom. The van der Waals surface area contributed by atoms with Crippen LogP contribution in [0.2, 0.25) is 0 Å². The summed E-state index contributed by atoms with van der Waals surface area (Å²) in [6.07, 6.45) is 0. The molecule has 8 heteroatoms. The number of anilines is 1. The number of fused-ring (bicyclic) bond motifs is 1. The third kappa shape index (κ3) is 2.32. The van der Waals surface area contributed by atoms with Crippen LogP contribution in [0.1, 0.15) is 9.67 Å². The van der Waals surface area contributed by atoms with Crippen molar-refractivity contribution in [2.45, 2.75) is 0 Å². The molecule has 1 aromatic carbocycles. The van der Waals surface area contributed by atoms with Crippen molar-refractivity contribution in [3.05, 3.63) is 40.6 Å². The van der Waals surface area contributed by atoms with Gasteiger partial charge in [-0.05, 0) is 35.1 Å². The Kier molecular flexibility index (Phi) is 3.24. The number of amides is 1. The van der Waals surface area contributed by atoms with Gasteiger partial charge in [0, 0.05) is 11.8 Å². The van der Waals surface area contributed by atoms with Gasteiger partial charge in [-0.1, -0.05) is 10.6 Å². The summed E-state index contributed by atoms with van der Waals surface area (Å²) in [6.45, 7) is 0.202. The zero-order valence-corrected chi connectivity index (χ0v) is 12.7. The van der Waals surface area contributed by atoms with Crippen molar-refractivity contribution < 1.29 is 14.3 Å². The Labute approximate surface area is 133 Å². The predicted molar refractivity (Wildman–Crippen MR) is 83.7 cm³/mol. The van der Waals surface area contributed by atoms with Crippen LogP contribution in [0.4, 0.5) is 5.69 Å². The Morgan fingerprint density at radius 1 is 1.23 bits per heavy atom. The van der Waals surface area contributed by atoms with Crippen LogP contribution in [0.25, 0.3) is 10.6 Å². The first-order valence-electron chi connectivity index (χ1n) is 6.38. The van der Waals surface area contributed by atoms with Crippen LogP contribution in [0.15, 0.2) is 35.7 Å². The van der Waals surface area contributed by atoms with Crippen molar-refractivity contribution in [2.24, 2.45) is 0 Å². The molecule has 0 spiro atoms. The fraction of sp³-hybridized carbons (Fsp3) is 0.0714. The van der Waals surface area contributed by atoms with E-state index in [-0.39, 0.29) is 12.7 Å². The van der Waals surface area contributed by atoms with Gasteiger partial charge in [0.2, 0.25) is 6.79 Å². The molecule has 0 fully saturated rings. The first-order valence-corrected chi connectivity index (χ1v) is 8.04. The number of hydrogen-bond acceptors (Lipinski definition) is 7. The number of aromatic nitrogens is 2. The van der Waals surface area contributed by atoms with E-state index in [2.05, 4.69) is 14.9 Å². The average Bonchev–Trinajstić information content (AvgIpc) is 3.26. The van der Waals surface area contributed by atoms with E-state index >= 15 is 0 Å². The summed E-state index contributed by atoms with van der Waals surface area (Å²) in [7, 11) is 0. The third-order valence-electron chi connectivity index (χ3n) is 3.08. The van der Waals surface area contributed by atoms with Crippen molar-refractivity contribution in [1.82, 2.24) is 9.59 Å². The summed E-state index contributed by atoms with van der Waals surface area (Å²) in [5.41, 5.74) is 1.25. The molecule has 6 nitrogen and oxygen atoms in total. The van der Waals surface area contributed by atoms with Crippen molar-refractivity contribution in [1.29, 1.82) is 0 Å². The molecule has 1 aliphatic rings. The minimum absolute atomic E-state index is 0.202. The summed E-state index contributed by atoms with van der Waals surface area (Å²) in [4.78, 5) is 13.9. The highest BCUT2D eigenvalue weighted by Gasteiger charge is 2.20. The molecular weight excluding hydrogens is 322 g/mol. The molecule has 0 unspecified atom stereocenters. The number of nitrogens with one attached hydrogen (secondary N) is 1. The van der Waals surface area contributed by atoms with Crippen molar-refractivity contribution >= 4 is 34.5 Å². The summed E-state index contributed by atoms with van der Waals surface area (Å²) in [6, 6.07) is 9.10. The maximum atomic E-state index is 12.4. The molecule has 1 aliphatic heterocycles. The molecular formula is C14H9N3O3S2. The second kappa shape index (κ2) is 5.39. The molecule has 0 saturated heterocycles. The largest absolute Gasteiger partial charge is 0.454 e. The van der Waals surface area contributed by atoms with E-state index in [4.69, 9.17) is 9.47 Å². The van der Waals surface area contributed by atoms with E-state index in [9.17, 15) is 4.79 Å². The number of hydrogen-bond donors (Lipinski definition) is 1. The lowest BCUT2D eigenvalue weighted by molar-refractivity contribution is 0.103. The maximum Gasteiger partial charge on any atom is 0.269 e. The lowest BCUT2D eigenvalue weighted by atomic mass is 10.2. The Bertz CT molecular complexity index is 830. The predicted octanol–water partition coefficient (Wildman–Crippen LogP) is 3.25. The zero-order chi connectivity index (χ0) is 14.9. The molecule has 0 saturated carbocycles. The van der Waals surface area contributed by atoms with Gasteiger partial charge in [0.05, 0.1) is 4.88 Å². The summed E-state index contributed by atoms with van der Waals surface area (Å²) < 4.78 is 14.4. The second-order valence-electron chi connectivity index (χ2n) is 4.45. The van der Waals surface area contributed by atoms with Gasteiger partial charge in [-0.2, -0.15) is 0 Å². The van der Waals surface area contributed by atoms with Gasteiger partial charge in [-0.25, -0.2) is 0 Å². The molecule has 110 valence electrons. The van der Waals surface area contributed by atoms with E-state index in [1.807, 2.05) is 17.5 Å². The molecule has 3 heterocycles. The molecule has 0 radical (unpaired) electrons. The van der Waals surface area contributed by atoms with Crippen LogP contribution in [-0.4, -0.2) is 22.3 Å². The van der Waals surface area contributed by atoms with Crippen LogP contribution >= 0.6 is 22.9 Å². The van der Waals surface area contributed by atoms with Crippen molar-refractivity contribution in [3.8, 4) is 22.1 Å². The zero-order valence-electron chi connectivity index (χ0n) is 11.1. The number of benzene rings is 1. The topological polar surface area (TPSA) is 73.3 Å². The van der Waals surface area contributed by atoms with E-state index in [1.165, 1.54) is 11.3 Å². The number of rotatable bonds is 3. The lowest BCUT2D eigenvalue weighted by Gasteiger charge is -2.05. The van der Waals surface area contributed by atoms with Gasteiger partial charge in [0.25, 0.3) is 5.91 Å². The van der Waals surface area contributed by atoms with Gasteiger partial charge in [-0.3, -0.25) is 4.79 Å². The van der Waals surface area contributed by atoms with Crippen molar-refractivity contribution in [2.75, 3.05) is 12.1 Å². The van der Waals surface area contributed by atoms with Crippen LogP contribution in [-0.2, 0) is 0 Å². The quantitative estimate of drug-likeness (QED) is 0.797. The van der Waals surface area contributed by atoms with Crippen LogP contribution < -0.4 is 14.8 Å². The first kappa shape index (κ1) is 13.2. The SMILES string of the molecule is O=C(Nc1ccc2c(c1)OCO2)c1snnc1-c1cccs1. The lowest BCUT2D eigenvalue weighted by Crippen LogP contribution is -2.11. The molecule has 3 aromatic rings. The Hall–Kier alpha value is -2.45. The molecule has 4 rings (SSSR count). The van der Waals surface area contributed by atoms with E-state index < -0.39 is 0 Å². The van der Waals surface area contributed by atoms with Crippen LogP contribution in [0, 0.1) is 0 Å². The number of thiophene rings is 1. The minimum atomic E-state index is -0.239. The second-order valence-corrected chi connectivity index (χ2v) is 6.15. The van der Waals surface area contributed by atoms with Crippen LogP contribution in [0.3, 0.4) is 0 Å². The average molecular weight is 331 g/mol. The highest BCUT2D eigenvalue weighted by molar-refractivity contribution is 7.14. The van der Waals surface area contributed by atoms with E-state index in [0.717, 1.165) is 16.4 Å². The normalized spacial score (nSPS) is 12.4. The highest BCUT2D eigenvalue weighted by Crippen LogP contribution is 2.35. The molecule has 1 N–H and O–H groups in total. The van der Waals surface area contributed by atoms with Crippen LogP contribution in [0.5, 0.6) is 11.5 Å². The first-order chi connectivity index (χ1) is 10.8. The summed E-state index contributed by atoms with van der Waals surface area (Å²) in [5, 5.41) is 8.83. The summed E-state index contributed by atoms with van der Waals surface area (Å²) >= 11 is 2.60. The number of ether oxygens (including phenoxy) is 2. The molecule has 2 aromatic heterocycles. The van der Waals surface area contributed by atoms with Gasteiger partial charge >= 0.3 is 0 Å². The third-order valence-corrected chi connectivity index (χ3v) is 4.68. The van der Waals surface area contributed by atoms with Gasteiger partial charge in [-0.15, -0.1) is 16.4 Å². The van der Waals surface area contributed by atoms with Crippen molar-refractivity contribution in [3.63, 3.8) is 0 Å².